The van der Waals surface area contributed by atoms with E-state index in [1.807, 2.05) is 12.1 Å². The molecule has 2 aliphatic rings. The van der Waals surface area contributed by atoms with Crippen molar-refractivity contribution in [3.8, 4) is 0 Å². The Balaban J connectivity index is 2.02. The molecule has 5 nitrogen and oxygen atoms in total. The summed E-state index contributed by atoms with van der Waals surface area (Å²) in [7, 11) is 1.75. The number of hydrogen-bond donors (Lipinski definition) is 0. The number of halogens is 1. The Labute approximate surface area is 120 Å². The van der Waals surface area contributed by atoms with Gasteiger partial charge in [0.15, 0.2) is 12.5 Å². The lowest BCUT2D eigenvalue weighted by molar-refractivity contribution is -0.111. The Bertz CT molecular complexity index is 529. The van der Waals surface area contributed by atoms with E-state index in [0.29, 0.717) is 5.92 Å². The van der Waals surface area contributed by atoms with Crippen LogP contribution in [0.15, 0.2) is 28.6 Å². The second kappa shape index (κ2) is 4.92. The van der Waals surface area contributed by atoms with Crippen LogP contribution in [0, 0.1) is 0 Å². The minimum absolute atomic E-state index is 0.452. The molecule has 1 aromatic rings. The van der Waals surface area contributed by atoms with Crippen LogP contribution < -0.4 is 5.01 Å². The van der Waals surface area contributed by atoms with Gasteiger partial charge < -0.3 is 0 Å². The summed E-state index contributed by atoms with van der Waals surface area (Å²) in [4.78, 5) is 11.2. The van der Waals surface area contributed by atoms with Gasteiger partial charge in [0.2, 0.25) is 0 Å². The minimum Gasteiger partial charge on any atom is -0.299 e. The fraction of sp³-hybridized carbons (Fsp3) is 0.462. The molecule has 0 saturated heterocycles. The molecule has 0 radical (unpaired) electrons. The topological polar surface area (TPSA) is 48.3 Å². The van der Waals surface area contributed by atoms with Gasteiger partial charge in [0.05, 0.1) is 5.69 Å². The molecule has 0 bridgehead atoms. The van der Waals surface area contributed by atoms with Crippen molar-refractivity contribution in [2.45, 2.75) is 30.3 Å². The smallest absolute Gasteiger partial charge is 0.197 e. The molecule has 0 spiro atoms. The van der Waals surface area contributed by atoms with Crippen LogP contribution in [0.3, 0.4) is 0 Å². The van der Waals surface area contributed by atoms with Crippen LogP contribution in [0.2, 0.25) is 0 Å². The number of likely N-dealkylation sites (N-methyl/N-ethyl adjacent to an activating group) is 1. The number of anilines is 1. The molecule has 100 valence electrons. The third-order valence-corrected chi connectivity index (χ3v) is 4.18. The zero-order valence-electron chi connectivity index (χ0n) is 10.7. The predicted molar refractivity (Wildman–Crippen MR) is 76.0 cm³/mol. The van der Waals surface area contributed by atoms with Crippen molar-refractivity contribution in [3.63, 3.8) is 0 Å². The van der Waals surface area contributed by atoms with Crippen molar-refractivity contribution in [2.75, 3.05) is 12.1 Å². The van der Waals surface area contributed by atoms with Gasteiger partial charge in [0.25, 0.3) is 0 Å². The number of nitrogens with zero attached hydrogens (tertiary/aromatic N) is 4. The predicted octanol–water partition coefficient (Wildman–Crippen LogP) is 3.02. The molecular weight excluding hydrogens is 308 g/mol. The van der Waals surface area contributed by atoms with Crippen molar-refractivity contribution in [2.24, 2.45) is 10.4 Å². The Morgan fingerprint density at radius 3 is 2.84 bits per heavy atom. The number of benzene rings is 1. The average molecular weight is 323 g/mol. The molecule has 6 heteroatoms. The summed E-state index contributed by atoms with van der Waals surface area (Å²) in [6.07, 6.45) is 2.92. The Kier molecular flexibility index (Phi) is 3.26. The molecule has 19 heavy (non-hydrogen) atoms. The van der Waals surface area contributed by atoms with E-state index in [2.05, 4.69) is 32.4 Å². The number of alkyl halides is 1. The second-order valence-electron chi connectivity index (χ2n) is 4.90. The Hall–Kier alpha value is -1.43. The van der Waals surface area contributed by atoms with E-state index in [1.54, 1.807) is 17.1 Å². The maximum absolute atomic E-state index is 11.2. The molecule has 1 saturated carbocycles. The van der Waals surface area contributed by atoms with Gasteiger partial charge in [0.1, 0.15) is 0 Å². The van der Waals surface area contributed by atoms with E-state index in [-0.39, 0.29) is 0 Å². The van der Waals surface area contributed by atoms with Gasteiger partial charge in [-0.25, -0.2) is 10.0 Å². The van der Waals surface area contributed by atoms with Gasteiger partial charge in [0, 0.05) is 12.4 Å². The van der Waals surface area contributed by atoms with E-state index in [4.69, 9.17) is 0 Å². The highest BCUT2D eigenvalue weighted by Gasteiger charge is 2.32. The molecule has 0 N–H and O–H groups in total. The molecule has 0 amide bonds. The molecule has 1 aliphatic heterocycles. The van der Waals surface area contributed by atoms with Crippen LogP contribution in [-0.4, -0.2) is 24.5 Å². The van der Waals surface area contributed by atoms with E-state index < -0.39 is 6.17 Å². The normalized spacial score (nSPS) is 22.1. The molecule has 1 unspecified atom stereocenters. The summed E-state index contributed by atoms with van der Waals surface area (Å²) < 4.78 is 0. The van der Waals surface area contributed by atoms with Crippen molar-refractivity contribution in [1.82, 2.24) is 5.01 Å². The SMILES string of the molecule is CN1N=NN(c2cccc(C3CC3)c2CBr)C1C=O. The lowest BCUT2D eigenvalue weighted by atomic mass is 10.0. The summed E-state index contributed by atoms with van der Waals surface area (Å²) in [6, 6.07) is 6.20. The first-order valence-corrected chi connectivity index (χ1v) is 7.45. The summed E-state index contributed by atoms with van der Waals surface area (Å²) in [6.45, 7) is 0. The monoisotopic (exact) mass is 322 g/mol. The second-order valence-corrected chi connectivity index (χ2v) is 5.46. The highest BCUT2D eigenvalue weighted by Crippen LogP contribution is 2.44. The summed E-state index contributed by atoms with van der Waals surface area (Å²) in [5.74, 6) is 0.666. The molecule has 1 aromatic carbocycles. The summed E-state index contributed by atoms with van der Waals surface area (Å²) in [5, 5.41) is 12.1. The standard InChI is InChI=1S/C13H15BrN4O/c1-17-13(8-19)18(16-15-17)12-4-2-3-10(9-5-6-9)11(12)7-14/h2-4,8-9,13H,5-7H2,1H3. The summed E-state index contributed by atoms with van der Waals surface area (Å²) >= 11 is 3.56. The lowest BCUT2D eigenvalue weighted by Gasteiger charge is -2.23. The zero-order chi connectivity index (χ0) is 13.4. The van der Waals surface area contributed by atoms with Gasteiger partial charge in [-0.3, -0.25) is 4.79 Å². The Morgan fingerprint density at radius 2 is 2.21 bits per heavy atom. The maximum Gasteiger partial charge on any atom is 0.197 e. The minimum atomic E-state index is -0.452. The number of rotatable bonds is 4. The first-order chi connectivity index (χ1) is 9.26. The fourth-order valence-electron chi connectivity index (χ4n) is 2.44. The van der Waals surface area contributed by atoms with Crippen LogP contribution in [0.1, 0.15) is 29.9 Å². The van der Waals surface area contributed by atoms with E-state index in [1.165, 1.54) is 24.0 Å². The fourth-order valence-corrected chi connectivity index (χ4v) is 3.05. The van der Waals surface area contributed by atoms with E-state index >= 15 is 0 Å². The first-order valence-electron chi connectivity index (χ1n) is 6.33. The molecule has 3 rings (SSSR count). The van der Waals surface area contributed by atoms with Crippen LogP contribution in [-0.2, 0) is 10.1 Å². The molecule has 1 heterocycles. The highest BCUT2D eigenvalue weighted by molar-refractivity contribution is 9.08. The van der Waals surface area contributed by atoms with E-state index in [9.17, 15) is 4.79 Å². The van der Waals surface area contributed by atoms with Gasteiger partial charge in [-0.15, -0.1) is 0 Å². The third kappa shape index (κ3) is 2.14. The van der Waals surface area contributed by atoms with Crippen molar-refractivity contribution in [1.29, 1.82) is 0 Å². The van der Waals surface area contributed by atoms with Crippen LogP contribution in [0.5, 0.6) is 0 Å². The highest BCUT2D eigenvalue weighted by atomic mass is 79.9. The molecule has 0 aromatic heterocycles. The number of aldehydes is 1. The number of hydrogen-bond acceptors (Lipinski definition) is 5. The molecule has 1 fully saturated rings. The first kappa shape index (κ1) is 12.6. The van der Waals surface area contributed by atoms with Gasteiger partial charge >= 0.3 is 0 Å². The van der Waals surface area contributed by atoms with Crippen LogP contribution >= 0.6 is 15.9 Å². The third-order valence-electron chi connectivity index (χ3n) is 3.62. The summed E-state index contributed by atoms with van der Waals surface area (Å²) in [5.41, 5.74) is 3.54. The largest absolute Gasteiger partial charge is 0.299 e. The van der Waals surface area contributed by atoms with Gasteiger partial charge in [-0.05, 0) is 41.2 Å². The molecule has 1 aliphatic carbocycles. The Morgan fingerprint density at radius 1 is 1.42 bits per heavy atom. The molecule has 1 atom stereocenters. The van der Waals surface area contributed by atoms with Crippen LogP contribution in [0.4, 0.5) is 5.69 Å². The molecular formula is C13H15BrN4O. The van der Waals surface area contributed by atoms with Gasteiger partial charge in [-0.2, -0.15) is 0 Å². The average Bonchev–Trinajstić information content (AvgIpc) is 3.21. The zero-order valence-corrected chi connectivity index (χ0v) is 12.2. The van der Waals surface area contributed by atoms with E-state index in [0.717, 1.165) is 17.3 Å². The quantitative estimate of drug-likeness (QED) is 0.632. The maximum atomic E-state index is 11.2. The lowest BCUT2D eigenvalue weighted by Crippen LogP contribution is -2.38. The number of carbonyl (C=O) groups is 1. The van der Waals surface area contributed by atoms with Crippen molar-refractivity contribution in [3.05, 3.63) is 29.3 Å². The number of carbonyl (C=O) groups excluding carboxylic acids is 1. The van der Waals surface area contributed by atoms with Crippen molar-refractivity contribution >= 4 is 27.9 Å². The van der Waals surface area contributed by atoms with Crippen molar-refractivity contribution < 1.29 is 4.79 Å². The van der Waals surface area contributed by atoms with Gasteiger partial charge in [-0.1, -0.05) is 33.3 Å². The van der Waals surface area contributed by atoms with Crippen LogP contribution in [0.25, 0.3) is 0 Å².